The van der Waals surface area contributed by atoms with Gasteiger partial charge in [-0.15, -0.1) is 10.2 Å². The maximum absolute atomic E-state index is 12.8. The molecule has 0 unspecified atom stereocenters. The first kappa shape index (κ1) is 18.2. The van der Waals surface area contributed by atoms with E-state index in [2.05, 4.69) is 26.3 Å². The minimum atomic E-state index is 0.195. The van der Waals surface area contributed by atoms with E-state index in [1.807, 2.05) is 32.0 Å². The molecule has 0 N–H and O–H groups in total. The van der Waals surface area contributed by atoms with E-state index in [9.17, 15) is 4.79 Å². The summed E-state index contributed by atoms with van der Waals surface area (Å²) in [5, 5.41) is 13.7. The highest BCUT2D eigenvalue weighted by molar-refractivity contribution is 7.99. The molecule has 0 aromatic carbocycles. The van der Waals surface area contributed by atoms with Crippen molar-refractivity contribution in [1.29, 1.82) is 0 Å². The minimum Gasteiger partial charge on any atom is -0.313 e. The Kier molecular flexibility index (Phi) is 5.29. The van der Waals surface area contributed by atoms with E-state index in [1.54, 1.807) is 4.68 Å². The molecule has 4 rings (SSSR count). The Balaban J connectivity index is 1.40. The van der Waals surface area contributed by atoms with Crippen LogP contribution in [-0.2, 0) is 4.79 Å². The number of hydrogen-bond donors (Lipinski definition) is 0. The number of hydrogen-bond acceptors (Lipinski definition) is 5. The third-order valence-corrected chi connectivity index (χ3v) is 5.86. The van der Waals surface area contributed by atoms with Crippen molar-refractivity contribution in [2.24, 2.45) is 0 Å². The third kappa shape index (κ3) is 4.24. The van der Waals surface area contributed by atoms with Crippen molar-refractivity contribution < 1.29 is 4.79 Å². The van der Waals surface area contributed by atoms with Crippen molar-refractivity contribution in [3.63, 3.8) is 0 Å². The first-order chi connectivity index (χ1) is 13.1. The van der Waals surface area contributed by atoms with Crippen LogP contribution in [0.1, 0.15) is 49.9 Å². The number of carbonyl (C=O) groups excluding carboxylic acids is 1. The third-order valence-electron chi connectivity index (χ3n) is 4.95. The van der Waals surface area contributed by atoms with Crippen molar-refractivity contribution in [2.75, 3.05) is 5.75 Å². The number of amides is 1. The molecule has 2 aliphatic carbocycles. The number of thioether (sulfide) groups is 1. The van der Waals surface area contributed by atoms with Crippen LogP contribution < -0.4 is 0 Å². The van der Waals surface area contributed by atoms with Gasteiger partial charge in [0.05, 0.1) is 11.4 Å². The quantitative estimate of drug-likeness (QED) is 0.710. The molecule has 142 valence electrons. The average Bonchev–Trinajstić information content (AvgIpc) is 3.45. The molecule has 2 heterocycles. The molecule has 7 heteroatoms. The molecule has 0 spiro atoms. The number of rotatable bonds is 6. The molecule has 1 saturated carbocycles. The number of nitrogens with zero attached hydrogens (tertiary/aromatic N) is 5. The molecule has 2 aromatic rings. The summed E-state index contributed by atoms with van der Waals surface area (Å²) < 4.78 is 1.78. The van der Waals surface area contributed by atoms with Crippen LogP contribution in [0.3, 0.4) is 0 Å². The van der Waals surface area contributed by atoms with E-state index in [0.29, 0.717) is 17.6 Å². The number of aromatic nitrogens is 4. The fraction of sp³-hybridized carbons (Fsp3) is 0.500. The summed E-state index contributed by atoms with van der Waals surface area (Å²) >= 11 is 1.46. The zero-order valence-electron chi connectivity index (χ0n) is 15.9. The molecule has 0 saturated heterocycles. The summed E-state index contributed by atoms with van der Waals surface area (Å²) in [5.74, 6) is 1.30. The van der Waals surface area contributed by atoms with Crippen molar-refractivity contribution in [3.8, 4) is 5.82 Å². The first-order valence-corrected chi connectivity index (χ1v) is 10.6. The van der Waals surface area contributed by atoms with E-state index in [-0.39, 0.29) is 5.91 Å². The lowest BCUT2D eigenvalue weighted by atomic mass is 10.0. The maximum atomic E-state index is 12.8. The normalized spacial score (nSPS) is 16.9. The van der Waals surface area contributed by atoms with Gasteiger partial charge >= 0.3 is 0 Å². The smallest absolute Gasteiger partial charge is 0.237 e. The van der Waals surface area contributed by atoms with Crippen molar-refractivity contribution in [1.82, 2.24) is 24.9 Å². The van der Waals surface area contributed by atoms with Gasteiger partial charge in [-0.05, 0) is 70.6 Å². The van der Waals surface area contributed by atoms with E-state index in [1.165, 1.54) is 30.3 Å². The molecule has 2 aliphatic rings. The number of allylic oxidation sites excluding steroid dienone is 2. The van der Waals surface area contributed by atoms with Gasteiger partial charge in [0.2, 0.25) is 5.91 Å². The van der Waals surface area contributed by atoms with Crippen molar-refractivity contribution in [3.05, 3.63) is 41.4 Å². The fourth-order valence-electron chi connectivity index (χ4n) is 3.54. The molecule has 6 nitrogen and oxygen atoms in total. The fourth-order valence-corrected chi connectivity index (χ4v) is 4.21. The van der Waals surface area contributed by atoms with Crippen LogP contribution in [-0.4, -0.2) is 42.6 Å². The topological polar surface area (TPSA) is 63.9 Å². The van der Waals surface area contributed by atoms with Crippen LogP contribution in [0.5, 0.6) is 0 Å². The molecule has 1 amide bonds. The van der Waals surface area contributed by atoms with E-state index in [0.717, 1.165) is 42.1 Å². The summed E-state index contributed by atoms with van der Waals surface area (Å²) in [5.41, 5.74) is 3.22. The Morgan fingerprint density at radius 1 is 1.26 bits per heavy atom. The van der Waals surface area contributed by atoms with E-state index in [4.69, 9.17) is 0 Å². The number of aryl methyl sites for hydroxylation is 2. The van der Waals surface area contributed by atoms with Gasteiger partial charge < -0.3 is 4.90 Å². The maximum Gasteiger partial charge on any atom is 0.237 e. The van der Waals surface area contributed by atoms with Gasteiger partial charge in [-0.3, -0.25) is 4.79 Å². The lowest BCUT2D eigenvalue weighted by Crippen LogP contribution is -2.34. The van der Waals surface area contributed by atoms with Gasteiger partial charge in [0.25, 0.3) is 0 Å². The van der Waals surface area contributed by atoms with Gasteiger partial charge in [0, 0.05) is 17.4 Å². The van der Waals surface area contributed by atoms with Crippen LogP contribution in [0.15, 0.2) is 35.0 Å². The van der Waals surface area contributed by atoms with E-state index >= 15 is 0 Å². The van der Waals surface area contributed by atoms with Crippen LogP contribution >= 0.6 is 11.8 Å². The average molecular weight is 384 g/mol. The predicted octanol–water partition coefficient (Wildman–Crippen LogP) is 3.82. The highest BCUT2D eigenvalue weighted by Crippen LogP contribution is 2.34. The predicted molar refractivity (Wildman–Crippen MR) is 106 cm³/mol. The second-order valence-corrected chi connectivity index (χ2v) is 8.29. The van der Waals surface area contributed by atoms with Gasteiger partial charge in [-0.1, -0.05) is 17.8 Å². The molecular formula is C20H25N5OS. The molecular weight excluding hydrogens is 358 g/mol. The zero-order chi connectivity index (χ0) is 18.8. The molecule has 1 fully saturated rings. The van der Waals surface area contributed by atoms with Gasteiger partial charge in [-0.2, -0.15) is 5.10 Å². The van der Waals surface area contributed by atoms with Crippen molar-refractivity contribution in [2.45, 2.75) is 63.4 Å². The monoisotopic (exact) mass is 383 g/mol. The highest BCUT2D eigenvalue weighted by atomic mass is 32.2. The molecule has 0 aliphatic heterocycles. The van der Waals surface area contributed by atoms with Crippen LogP contribution in [0.25, 0.3) is 5.82 Å². The van der Waals surface area contributed by atoms with Crippen LogP contribution in [0.2, 0.25) is 0 Å². The van der Waals surface area contributed by atoms with Gasteiger partial charge in [0.15, 0.2) is 5.82 Å². The Morgan fingerprint density at radius 2 is 2.11 bits per heavy atom. The second kappa shape index (κ2) is 7.84. The summed E-state index contributed by atoms with van der Waals surface area (Å²) in [6.45, 7) is 3.95. The SMILES string of the molecule is Cc1cc(C)n(-c2ccc(SCC(=O)N(C3=CCCCC3)C3CC3)nn2)n1. The summed E-state index contributed by atoms with van der Waals surface area (Å²) in [4.78, 5) is 14.9. The Bertz CT molecular complexity index is 854. The summed E-state index contributed by atoms with van der Waals surface area (Å²) in [7, 11) is 0. The van der Waals surface area contributed by atoms with Crippen molar-refractivity contribution >= 4 is 17.7 Å². The lowest BCUT2D eigenvalue weighted by Gasteiger charge is -2.27. The second-order valence-electron chi connectivity index (χ2n) is 7.29. The minimum absolute atomic E-state index is 0.195. The van der Waals surface area contributed by atoms with Crippen LogP contribution in [0, 0.1) is 13.8 Å². The molecule has 2 aromatic heterocycles. The van der Waals surface area contributed by atoms with Gasteiger partial charge in [-0.25, -0.2) is 4.68 Å². The zero-order valence-corrected chi connectivity index (χ0v) is 16.7. The first-order valence-electron chi connectivity index (χ1n) is 9.63. The molecule has 0 atom stereocenters. The Labute approximate surface area is 164 Å². The standard InChI is InChI=1S/C20H25N5OS/c1-14-12-15(2)25(23-14)18-10-11-19(22-21-18)27-13-20(26)24(17-8-9-17)16-6-4-3-5-7-16/h6,10-12,17H,3-5,7-9,13H2,1-2H3. The largest absolute Gasteiger partial charge is 0.313 e. The molecule has 0 radical (unpaired) electrons. The van der Waals surface area contributed by atoms with E-state index < -0.39 is 0 Å². The Morgan fingerprint density at radius 3 is 2.70 bits per heavy atom. The lowest BCUT2D eigenvalue weighted by molar-refractivity contribution is -0.127. The summed E-state index contributed by atoms with van der Waals surface area (Å²) in [6, 6.07) is 6.25. The Hall–Kier alpha value is -2.15. The molecule has 0 bridgehead atoms. The van der Waals surface area contributed by atoms with Crippen LogP contribution in [0.4, 0.5) is 0 Å². The molecule has 27 heavy (non-hydrogen) atoms. The highest BCUT2D eigenvalue weighted by Gasteiger charge is 2.34. The van der Waals surface area contributed by atoms with Gasteiger partial charge in [0.1, 0.15) is 5.03 Å². The number of carbonyl (C=O) groups is 1. The summed E-state index contributed by atoms with van der Waals surface area (Å²) in [6.07, 6.45) is 9.07.